The Morgan fingerprint density at radius 1 is 0.852 bits per heavy atom. The largest absolute Gasteiger partial charge is 0.393 e. The molecule has 1 nitrogen and oxygen atoms in total. The van der Waals surface area contributed by atoms with E-state index in [-0.39, 0.29) is 11.3 Å². The minimum atomic E-state index is -4.20. The molecule has 0 saturated carbocycles. The quantitative estimate of drug-likeness (QED) is 0.467. The van der Waals surface area contributed by atoms with E-state index in [0.717, 1.165) is 15.4 Å². The van der Waals surface area contributed by atoms with E-state index in [1.54, 1.807) is 24.3 Å². The molecular weight excluding hydrogens is 369 g/mol. The number of halogens is 3. The summed E-state index contributed by atoms with van der Waals surface area (Å²) in [5.41, 5.74) is 2.46. The Bertz CT molecular complexity index is 929. The summed E-state index contributed by atoms with van der Waals surface area (Å²) >= 11 is 1.44. The van der Waals surface area contributed by atoms with Gasteiger partial charge in [-0.1, -0.05) is 48.2 Å². The van der Waals surface area contributed by atoms with Gasteiger partial charge in [-0.2, -0.15) is 13.2 Å². The second kappa shape index (κ2) is 8.01. The van der Waals surface area contributed by atoms with E-state index < -0.39 is 12.6 Å². The summed E-state index contributed by atoms with van der Waals surface area (Å²) in [6.45, 7) is 1.90. The number of carbonyl (C=O) groups excluding carboxylic acids is 1. The van der Waals surface area contributed by atoms with Crippen LogP contribution in [0.3, 0.4) is 0 Å². The van der Waals surface area contributed by atoms with Gasteiger partial charge in [0, 0.05) is 20.9 Å². The maximum absolute atomic E-state index is 12.6. The van der Waals surface area contributed by atoms with E-state index in [2.05, 4.69) is 0 Å². The smallest absolute Gasteiger partial charge is 0.289 e. The van der Waals surface area contributed by atoms with Gasteiger partial charge in [0.1, 0.15) is 0 Å². The van der Waals surface area contributed by atoms with Crippen LogP contribution < -0.4 is 0 Å². The number of hydrogen-bond donors (Lipinski definition) is 0. The van der Waals surface area contributed by atoms with Crippen molar-refractivity contribution in [2.45, 2.75) is 29.3 Å². The summed E-state index contributed by atoms with van der Waals surface area (Å²) in [6.07, 6.45) is -5.12. The molecule has 0 radical (unpaired) electrons. The van der Waals surface area contributed by atoms with Gasteiger partial charge in [0.05, 0.1) is 6.42 Å². The number of benzene rings is 3. The summed E-state index contributed by atoms with van der Waals surface area (Å²) in [5.74, 6) is -0.0267. The Balaban J connectivity index is 1.69. The molecule has 3 rings (SSSR count). The zero-order valence-electron chi connectivity index (χ0n) is 14.6. The molecule has 5 heteroatoms. The van der Waals surface area contributed by atoms with E-state index in [4.69, 9.17) is 0 Å². The molecule has 0 N–H and O–H groups in total. The van der Waals surface area contributed by atoms with Crippen LogP contribution in [0.5, 0.6) is 0 Å². The maximum atomic E-state index is 12.6. The van der Waals surface area contributed by atoms with Crippen LogP contribution in [-0.4, -0.2) is 12.0 Å². The Labute approximate surface area is 160 Å². The first-order valence-corrected chi connectivity index (χ1v) is 9.17. The van der Waals surface area contributed by atoms with Crippen LogP contribution in [0.2, 0.25) is 0 Å². The molecule has 0 aliphatic rings. The number of carbonyl (C=O) groups is 1. The van der Waals surface area contributed by atoms with E-state index in [0.29, 0.717) is 11.1 Å². The average Bonchev–Trinajstić information content (AvgIpc) is 2.63. The molecule has 0 atom stereocenters. The molecule has 0 aliphatic heterocycles. The van der Waals surface area contributed by atoms with Crippen molar-refractivity contribution in [2.75, 3.05) is 0 Å². The molecule has 0 fully saturated rings. The molecule has 138 valence electrons. The number of aryl methyl sites for hydroxylation is 1. The third-order valence-corrected chi connectivity index (χ3v) is 5.09. The van der Waals surface area contributed by atoms with Gasteiger partial charge >= 0.3 is 6.18 Å². The SMILES string of the molecule is Cc1ccccc1C(=O)c1ccc(Sc2ccc(CC(F)(F)F)cc2)cc1. The lowest BCUT2D eigenvalue weighted by Gasteiger charge is -2.08. The Morgan fingerprint density at radius 2 is 1.41 bits per heavy atom. The molecule has 3 aromatic rings. The van der Waals surface area contributed by atoms with Gasteiger partial charge in [-0.3, -0.25) is 4.79 Å². The molecule has 0 aromatic heterocycles. The van der Waals surface area contributed by atoms with Crippen molar-refractivity contribution >= 4 is 17.5 Å². The van der Waals surface area contributed by atoms with Crippen molar-refractivity contribution in [2.24, 2.45) is 0 Å². The lowest BCUT2D eigenvalue weighted by atomic mass is 9.99. The van der Waals surface area contributed by atoms with Crippen LogP contribution in [-0.2, 0) is 6.42 Å². The summed E-state index contributed by atoms with van der Waals surface area (Å²) < 4.78 is 37.2. The second-order valence-corrected chi connectivity index (χ2v) is 7.35. The first-order valence-electron chi connectivity index (χ1n) is 8.36. The van der Waals surface area contributed by atoms with E-state index in [9.17, 15) is 18.0 Å². The molecule has 0 heterocycles. The van der Waals surface area contributed by atoms with Gasteiger partial charge in [0.2, 0.25) is 0 Å². The monoisotopic (exact) mass is 386 g/mol. The van der Waals surface area contributed by atoms with Crippen molar-refractivity contribution in [3.05, 3.63) is 95.1 Å². The van der Waals surface area contributed by atoms with Crippen molar-refractivity contribution in [3.63, 3.8) is 0 Å². The van der Waals surface area contributed by atoms with E-state index in [1.807, 2.05) is 43.3 Å². The molecule has 0 bridgehead atoms. The highest BCUT2D eigenvalue weighted by atomic mass is 32.2. The van der Waals surface area contributed by atoms with Crippen LogP contribution in [0.4, 0.5) is 13.2 Å². The Morgan fingerprint density at radius 3 is 1.96 bits per heavy atom. The Hall–Kier alpha value is -2.53. The van der Waals surface area contributed by atoms with Gasteiger partial charge < -0.3 is 0 Å². The van der Waals surface area contributed by atoms with Crippen LogP contribution in [0.1, 0.15) is 27.0 Å². The predicted molar refractivity (Wildman–Crippen MR) is 101 cm³/mol. The van der Waals surface area contributed by atoms with Crippen molar-refractivity contribution < 1.29 is 18.0 Å². The van der Waals surface area contributed by atoms with Crippen LogP contribution in [0, 0.1) is 6.92 Å². The molecule has 0 unspecified atom stereocenters. The van der Waals surface area contributed by atoms with Crippen molar-refractivity contribution in [1.82, 2.24) is 0 Å². The fraction of sp³-hybridized carbons (Fsp3) is 0.136. The van der Waals surface area contributed by atoms with E-state index >= 15 is 0 Å². The van der Waals surface area contributed by atoms with Crippen LogP contribution >= 0.6 is 11.8 Å². The summed E-state index contributed by atoms with van der Waals surface area (Å²) in [6, 6.07) is 21.0. The van der Waals surface area contributed by atoms with Crippen LogP contribution in [0.25, 0.3) is 0 Å². The zero-order chi connectivity index (χ0) is 19.4. The Kier molecular flexibility index (Phi) is 5.71. The molecular formula is C22H17F3OS. The predicted octanol–water partition coefficient (Wildman–Crippen LogP) is 6.48. The summed E-state index contributed by atoms with van der Waals surface area (Å²) in [4.78, 5) is 14.4. The minimum absolute atomic E-state index is 0.0267. The average molecular weight is 386 g/mol. The maximum Gasteiger partial charge on any atom is 0.393 e. The van der Waals surface area contributed by atoms with Crippen molar-refractivity contribution in [3.8, 4) is 0 Å². The highest BCUT2D eigenvalue weighted by molar-refractivity contribution is 7.99. The third-order valence-electron chi connectivity index (χ3n) is 4.07. The molecule has 0 spiro atoms. The lowest BCUT2D eigenvalue weighted by Crippen LogP contribution is -2.11. The fourth-order valence-electron chi connectivity index (χ4n) is 2.70. The highest BCUT2D eigenvalue weighted by Gasteiger charge is 2.27. The highest BCUT2D eigenvalue weighted by Crippen LogP contribution is 2.29. The molecule has 0 aliphatic carbocycles. The van der Waals surface area contributed by atoms with Crippen molar-refractivity contribution in [1.29, 1.82) is 0 Å². The summed E-state index contributed by atoms with van der Waals surface area (Å²) in [7, 11) is 0. The van der Waals surface area contributed by atoms with Gasteiger partial charge in [-0.15, -0.1) is 0 Å². The number of hydrogen-bond acceptors (Lipinski definition) is 2. The normalized spacial score (nSPS) is 11.4. The van der Waals surface area contributed by atoms with Gasteiger partial charge in [-0.05, 0) is 54.4 Å². The number of ketones is 1. The van der Waals surface area contributed by atoms with Gasteiger partial charge in [-0.25, -0.2) is 0 Å². The topological polar surface area (TPSA) is 17.1 Å². The molecule has 0 amide bonds. The lowest BCUT2D eigenvalue weighted by molar-refractivity contribution is -0.127. The van der Waals surface area contributed by atoms with Gasteiger partial charge in [0.25, 0.3) is 0 Å². The molecule has 0 saturated heterocycles. The first-order chi connectivity index (χ1) is 12.8. The number of rotatable bonds is 5. The molecule has 3 aromatic carbocycles. The molecule has 27 heavy (non-hydrogen) atoms. The minimum Gasteiger partial charge on any atom is -0.289 e. The standard InChI is InChI=1S/C22H17F3OS/c1-15-4-2-3-5-20(15)21(26)17-8-12-19(13-9-17)27-18-10-6-16(7-11-18)14-22(23,24)25/h2-13H,14H2,1H3. The third kappa shape index (κ3) is 5.23. The van der Waals surface area contributed by atoms with Gasteiger partial charge in [0.15, 0.2) is 5.78 Å². The fourth-order valence-corrected chi connectivity index (χ4v) is 3.52. The second-order valence-electron chi connectivity index (χ2n) is 6.21. The first kappa shape index (κ1) is 19.2. The number of alkyl halides is 3. The summed E-state index contributed by atoms with van der Waals surface area (Å²) in [5, 5.41) is 0. The van der Waals surface area contributed by atoms with Crippen LogP contribution in [0.15, 0.2) is 82.6 Å². The van der Waals surface area contributed by atoms with E-state index in [1.165, 1.54) is 23.9 Å². The zero-order valence-corrected chi connectivity index (χ0v) is 15.4.